The highest BCUT2D eigenvalue weighted by atomic mass is 35.7. The van der Waals surface area contributed by atoms with Crippen molar-refractivity contribution in [3.8, 4) is 5.75 Å². The van der Waals surface area contributed by atoms with Gasteiger partial charge in [-0.2, -0.15) is 8.78 Å². The third-order valence-electron chi connectivity index (χ3n) is 1.38. The molecule has 1 aromatic carbocycles. The van der Waals surface area contributed by atoms with E-state index in [0.29, 0.717) is 0 Å². The topological polar surface area (TPSA) is 43.4 Å². The van der Waals surface area contributed by atoms with Crippen molar-refractivity contribution < 1.29 is 21.9 Å². The molecule has 0 unspecified atom stereocenters. The second-order valence-electron chi connectivity index (χ2n) is 2.41. The summed E-state index contributed by atoms with van der Waals surface area (Å²) in [4.78, 5) is -0.586. The van der Waals surface area contributed by atoms with Crippen LogP contribution in [0.4, 0.5) is 8.78 Å². The number of hydrogen-bond acceptors (Lipinski definition) is 3. The third-order valence-corrected chi connectivity index (χ3v) is 2.96. The summed E-state index contributed by atoms with van der Waals surface area (Å²) < 4.78 is 49.7. The van der Waals surface area contributed by atoms with Crippen molar-refractivity contribution in [3.05, 3.63) is 23.2 Å². The molecule has 0 aliphatic heterocycles. The minimum absolute atomic E-state index is 0.0517. The second kappa shape index (κ2) is 4.51. The summed E-state index contributed by atoms with van der Waals surface area (Å²) in [6.07, 6.45) is 0. The summed E-state index contributed by atoms with van der Waals surface area (Å²) in [5.41, 5.74) is 0. The van der Waals surface area contributed by atoms with Gasteiger partial charge in [0.25, 0.3) is 9.05 Å². The van der Waals surface area contributed by atoms with Gasteiger partial charge in [-0.05, 0) is 18.2 Å². The highest BCUT2D eigenvalue weighted by molar-refractivity contribution is 8.13. The molecule has 0 radical (unpaired) electrons. The van der Waals surface area contributed by atoms with Crippen molar-refractivity contribution >= 4 is 31.3 Å². The molecule has 15 heavy (non-hydrogen) atoms. The van der Waals surface area contributed by atoms with Gasteiger partial charge in [0.05, 0.1) is 0 Å². The molecule has 3 nitrogen and oxygen atoms in total. The van der Waals surface area contributed by atoms with Crippen molar-refractivity contribution in [2.75, 3.05) is 0 Å². The first-order valence-corrected chi connectivity index (χ1v) is 6.18. The van der Waals surface area contributed by atoms with Crippen molar-refractivity contribution in [1.29, 1.82) is 0 Å². The van der Waals surface area contributed by atoms with E-state index in [9.17, 15) is 17.2 Å². The van der Waals surface area contributed by atoms with Crippen LogP contribution in [0.5, 0.6) is 5.75 Å². The van der Waals surface area contributed by atoms with Crippen LogP contribution in [0.15, 0.2) is 23.1 Å². The Hall–Kier alpha value is -0.590. The summed E-state index contributed by atoms with van der Waals surface area (Å²) in [6.45, 7) is -3.14. The number of benzene rings is 1. The predicted octanol–water partition coefficient (Wildman–Crippen LogP) is 2.87. The second-order valence-corrected chi connectivity index (χ2v) is 5.38. The van der Waals surface area contributed by atoms with E-state index in [1.54, 1.807) is 0 Å². The van der Waals surface area contributed by atoms with Crippen LogP contribution in [0.3, 0.4) is 0 Å². The molecule has 0 saturated heterocycles. The Morgan fingerprint density at radius 3 is 2.40 bits per heavy atom. The van der Waals surface area contributed by atoms with Crippen LogP contribution in [-0.2, 0) is 9.05 Å². The predicted molar refractivity (Wildman–Crippen MR) is 51.1 cm³/mol. The number of alkyl halides is 2. The Balaban J connectivity index is 3.27. The van der Waals surface area contributed by atoms with E-state index in [-0.39, 0.29) is 5.02 Å². The zero-order chi connectivity index (χ0) is 11.6. The van der Waals surface area contributed by atoms with Gasteiger partial charge < -0.3 is 4.74 Å². The summed E-state index contributed by atoms with van der Waals surface area (Å²) in [5.74, 6) is -0.538. The lowest BCUT2D eigenvalue weighted by molar-refractivity contribution is -0.0517. The van der Waals surface area contributed by atoms with Crippen LogP contribution in [-0.4, -0.2) is 15.0 Å². The standard InChI is InChI=1S/C7H4Cl2F2O3S/c8-4-1-2-5(14-7(10)11)6(3-4)15(9,12)13/h1-3,7H. The maximum atomic E-state index is 11.9. The minimum Gasteiger partial charge on any atom is -0.433 e. The largest absolute Gasteiger partial charge is 0.433 e. The van der Waals surface area contributed by atoms with Crippen molar-refractivity contribution in [2.24, 2.45) is 0 Å². The first-order chi connectivity index (χ1) is 6.80. The van der Waals surface area contributed by atoms with Crippen molar-refractivity contribution in [2.45, 2.75) is 11.5 Å². The number of halogens is 4. The van der Waals surface area contributed by atoms with Gasteiger partial charge in [0.1, 0.15) is 10.6 Å². The Morgan fingerprint density at radius 2 is 1.93 bits per heavy atom. The third kappa shape index (κ3) is 3.48. The highest BCUT2D eigenvalue weighted by Gasteiger charge is 2.19. The lowest BCUT2D eigenvalue weighted by Gasteiger charge is -2.08. The molecule has 1 aromatic rings. The van der Waals surface area contributed by atoms with Crippen LogP contribution in [0, 0.1) is 0 Å². The smallest absolute Gasteiger partial charge is 0.387 e. The Bertz CT molecular complexity index is 461. The first kappa shape index (κ1) is 12.5. The van der Waals surface area contributed by atoms with Crippen LogP contribution >= 0.6 is 22.3 Å². The Labute approximate surface area is 94.0 Å². The molecule has 0 saturated carbocycles. The highest BCUT2D eigenvalue weighted by Crippen LogP contribution is 2.30. The zero-order valence-corrected chi connectivity index (χ0v) is 9.28. The SMILES string of the molecule is O=S(=O)(Cl)c1cc(Cl)ccc1OC(F)F. The van der Waals surface area contributed by atoms with E-state index in [2.05, 4.69) is 4.74 Å². The molecule has 0 aliphatic carbocycles. The van der Waals surface area contributed by atoms with Gasteiger partial charge >= 0.3 is 6.61 Å². The average molecular weight is 277 g/mol. The molecule has 0 heterocycles. The van der Waals surface area contributed by atoms with Crippen LogP contribution in [0.25, 0.3) is 0 Å². The molecular weight excluding hydrogens is 273 g/mol. The van der Waals surface area contributed by atoms with E-state index in [1.807, 2.05) is 0 Å². The van der Waals surface area contributed by atoms with E-state index < -0.39 is 26.3 Å². The molecule has 0 fully saturated rings. The summed E-state index contributed by atoms with van der Waals surface area (Å²) >= 11 is 5.49. The summed E-state index contributed by atoms with van der Waals surface area (Å²) in [7, 11) is 0.836. The lowest BCUT2D eigenvalue weighted by atomic mass is 10.3. The summed E-state index contributed by atoms with van der Waals surface area (Å²) in [6, 6.07) is 3.15. The maximum Gasteiger partial charge on any atom is 0.387 e. The minimum atomic E-state index is -4.17. The fourth-order valence-electron chi connectivity index (χ4n) is 0.866. The fourth-order valence-corrected chi connectivity index (χ4v) is 2.09. The van der Waals surface area contributed by atoms with Gasteiger partial charge in [0.2, 0.25) is 0 Å². The normalized spacial score (nSPS) is 11.8. The molecule has 0 aromatic heterocycles. The molecule has 0 aliphatic rings. The zero-order valence-electron chi connectivity index (χ0n) is 6.95. The quantitative estimate of drug-likeness (QED) is 0.798. The number of ether oxygens (including phenoxy) is 1. The molecule has 0 amide bonds. The van der Waals surface area contributed by atoms with E-state index in [1.165, 1.54) is 6.07 Å². The van der Waals surface area contributed by atoms with Crippen molar-refractivity contribution in [1.82, 2.24) is 0 Å². The van der Waals surface area contributed by atoms with Gasteiger partial charge in [-0.3, -0.25) is 0 Å². The molecule has 0 spiro atoms. The van der Waals surface area contributed by atoms with Crippen molar-refractivity contribution in [3.63, 3.8) is 0 Å². The van der Waals surface area contributed by atoms with Gasteiger partial charge in [0.15, 0.2) is 0 Å². The van der Waals surface area contributed by atoms with E-state index >= 15 is 0 Å². The van der Waals surface area contributed by atoms with Gasteiger partial charge in [-0.25, -0.2) is 8.42 Å². The monoisotopic (exact) mass is 276 g/mol. The summed E-state index contributed by atoms with van der Waals surface area (Å²) in [5, 5.41) is 0.0517. The molecular formula is C7H4Cl2F2O3S. The average Bonchev–Trinajstić information content (AvgIpc) is 2.05. The van der Waals surface area contributed by atoms with Gasteiger partial charge in [0, 0.05) is 15.7 Å². The Kier molecular flexibility index (Phi) is 3.75. The molecule has 0 bridgehead atoms. The van der Waals surface area contributed by atoms with Crippen LogP contribution < -0.4 is 4.74 Å². The molecule has 1 rings (SSSR count). The van der Waals surface area contributed by atoms with E-state index in [0.717, 1.165) is 12.1 Å². The molecule has 84 valence electrons. The molecule has 0 N–H and O–H groups in total. The van der Waals surface area contributed by atoms with Gasteiger partial charge in [-0.1, -0.05) is 11.6 Å². The van der Waals surface area contributed by atoms with Gasteiger partial charge in [-0.15, -0.1) is 0 Å². The van der Waals surface area contributed by atoms with E-state index in [4.69, 9.17) is 22.3 Å². The molecule has 8 heteroatoms. The number of rotatable bonds is 3. The fraction of sp³-hybridized carbons (Fsp3) is 0.143. The maximum absolute atomic E-state index is 11.9. The lowest BCUT2D eigenvalue weighted by Crippen LogP contribution is -2.05. The van der Waals surface area contributed by atoms with Crippen LogP contribution in [0.2, 0.25) is 5.02 Å². The first-order valence-electron chi connectivity index (χ1n) is 3.50. The van der Waals surface area contributed by atoms with Crippen LogP contribution in [0.1, 0.15) is 0 Å². The number of hydrogen-bond donors (Lipinski definition) is 0. The Morgan fingerprint density at radius 1 is 1.33 bits per heavy atom. The molecule has 0 atom stereocenters.